The van der Waals surface area contributed by atoms with Crippen molar-refractivity contribution in [3.05, 3.63) is 297 Å². The highest BCUT2D eigenvalue weighted by Gasteiger charge is 2.58. The lowest BCUT2D eigenvalue weighted by atomic mass is 9.51. The minimum atomic E-state index is -0.517. The third-order valence-corrected chi connectivity index (χ3v) is 13.2. The molecular weight excluding hydrogens is 711 g/mol. The van der Waals surface area contributed by atoms with Gasteiger partial charge in [-0.05, 0) is 91.6 Å². The maximum Gasteiger partial charge on any atom is 0.0717 e. The van der Waals surface area contributed by atoms with Crippen LogP contribution in [0.1, 0.15) is 74.5 Å². The van der Waals surface area contributed by atoms with Gasteiger partial charge in [-0.15, -0.1) is 0 Å². The largest absolute Gasteiger partial charge is 0.374 e. The fourth-order valence-electron chi connectivity index (χ4n) is 10.8. The van der Waals surface area contributed by atoms with Crippen LogP contribution in [0, 0.1) is 0 Å². The predicted octanol–water partition coefficient (Wildman–Crippen LogP) is 13.3. The number of benzene rings is 7. The molecule has 0 radical (unpaired) electrons. The van der Waals surface area contributed by atoms with E-state index in [1.807, 2.05) is 0 Å². The third kappa shape index (κ3) is 5.53. The molecule has 1 heterocycles. The second kappa shape index (κ2) is 14.5. The summed E-state index contributed by atoms with van der Waals surface area (Å²) in [6, 6.07) is 72.4. The second-order valence-electron chi connectivity index (χ2n) is 16.3. The van der Waals surface area contributed by atoms with Gasteiger partial charge in [0.2, 0.25) is 0 Å². The highest BCUT2D eigenvalue weighted by molar-refractivity contribution is 5.98. The van der Waals surface area contributed by atoms with Gasteiger partial charge >= 0.3 is 0 Å². The van der Waals surface area contributed by atoms with Gasteiger partial charge in [-0.2, -0.15) is 0 Å². The van der Waals surface area contributed by atoms with Gasteiger partial charge in [0.1, 0.15) is 0 Å². The summed E-state index contributed by atoms with van der Waals surface area (Å²) in [5.41, 5.74) is 19.0. The molecule has 11 rings (SSSR count). The molecule has 7 aromatic rings. The van der Waals surface area contributed by atoms with E-state index in [4.69, 9.17) is 0 Å². The number of hydrogen-bond donors (Lipinski definition) is 1. The number of fused-ring (bicyclic) bond motifs is 5. The Kier molecular flexibility index (Phi) is 8.63. The van der Waals surface area contributed by atoms with E-state index in [2.05, 4.69) is 230 Å². The maximum atomic E-state index is 3.88. The maximum absolute atomic E-state index is 3.88. The zero-order valence-corrected chi connectivity index (χ0v) is 33.1. The van der Waals surface area contributed by atoms with Gasteiger partial charge in [0.05, 0.1) is 16.9 Å². The summed E-state index contributed by atoms with van der Waals surface area (Å²) in [5, 5.41) is 3.88. The van der Waals surface area contributed by atoms with Crippen molar-refractivity contribution >= 4 is 11.3 Å². The van der Waals surface area contributed by atoms with Crippen molar-refractivity contribution in [3.63, 3.8) is 0 Å². The van der Waals surface area contributed by atoms with E-state index in [0.29, 0.717) is 0 Å². The Balaban J connectivity index is 1.09. The fourth-order valence-corrected chi connectivity index (χ4v) is 10.8. The molecule has 0 saturated heterocycles. The Morgan fingerprint density at radius 1 is 0.508 bits per heavy atom. The van der Waals surface area contributed by atoms with Gasteiger partial charge in [0.25, 0.3) is 0 Å². The van der Waals surface area contributed by atoms with E-state index in [-0.39, 0.29) is 6.04 Å². The summed E-state index contributed by atoms with van der Waals surface area (Å²) >= 11 is 0. The average molecular weight is 756 g/mol. The number of nitrogens with one attached hydrogen (secondary N) is 1. The van der Waals surface area contributed by atoms with Crippen molar-refractivity contribution in [1.82, 2.24) is 5.32 Å². The smallest absolute Gasteiger partial charge is 0.0717 e. The van der Waals surface area contributed by atoms with Gasteiger partial charge in [-0.1, -0.05) is 230 Å². The molecule has 7 aromatic carbocycles. The Morgan fingerprint density at radius 3 is 1.76 bits per heavy atom. The first kappa shape index (κ1) is 35.2. The SMILES string of the molecule is C1=CCC2=C3C(=C1)c1ccccc1C3(c1ccccc1)c1ccccc1C2(c1ccccc1)c1ccc(CC2=CC(c3ccccc3)NC(c3ccccc3)=CC2)cc1. The van der Waals surface area contributed by atoms with Crippen molar-refractivity contribution in [2.45, 2.75) is 36.1 Å². The molecule has 0 bridgehead atoms. The Labute approximate surface area is 348 Å². The molecule has 0 aromatic heterocycles. The summed E-state index contributed by atoms with van der Waals surface area (Å²) in [6.07, 6.45) is 14.5. The van der Waals surface area contributed by atoms with Crippen LogP contribution in [0.25, 0.3) is 11.3 Å². The predicted molar refractivity (Wildman–Crippen MR) is 244 cm³/mol. The molecule has 1 N–H and O–H groups in total. The number of rotatable bonds is 7. The summed E-state index contributed by atoms with van der Waals surface area (Å²) in [6.45, 7) is 0. The average Bonchev–Trinajstić information content (AvgIpc) is 3.46. The zero-order chi connectivity index (χ0) is 39.2. The van der Waals surface area contributed by atoms with Crippen LogP contribution in [0.4, 0.5) is 0 Å². The summed E-state index contributed by atoms with van der Waals surface area (Å²) in [7, 11) is 0. The molecule has 3 atom stereocenters. The molecule has 0 fully saturated rings. The van der Waals surface area contributed by atoms with Gasteiger partial charge in [0.15, 0.2) is 0 Å². The molecule has 1 aliphatic heterocycles. The Hall–Kier alpha value is -6.96. The monoisotopic (exact) mass is 755 g/mol. The molecule has 0 spiro atoms. The normalized spacial score (nSPS) is 21.4. The van der Waals surface area contributed by atoms with Crippen molar-refractivity contribution < 1.29 is 0 Å². The van der Waals surface area contributed by atoms with Crippen LogP contribution < -0.4 is 5.32 Å². The first-order chi connectivity index (χ1) is 29.3. The first-order valence-electron chi connectivity index (χ1n) is 21.0. The van der Waals surface area contributed by atoms with Gasteiger partial charge in [-0.25, -0.2) is 0 Å². The van der Waals surface area contributed by atoms with Crippen LogP contribution in [0.15, 0.2) is 241 Å². The zero-order valence-electron chi connectivity index (χ0n) is 33.1. The molecule has 0 amide bonds. The van der Waals surface area contributed by atoms with Gasteiger partial charge < -0.3 is 5.32 Å². The fraction of sp³-hybridized carbons (Fsp3) is 0.103. The van der Waals surface area contributed by atoms with Crippen LogP contribution in [-0.2, 0) is 17.3 Å². The molecule has 3 aliphatic carbocycles. The van der Waals surface area contributed by atoms with Crippen LogP contribution in [0.5, 0.6) is 0 Å². The lowest BCUT2D eigenvalue weighted by Crippen LogP contribution is -2.44. The molecule has 3 unspecified atom stereocenters. The molecular formula is C58H45N. The molecule has 282 valence electrons. The molecule has 1 heteroatoms. The van der Waals surface area contributed by atoms with Gasteiger partial charge in [0, 0.05) is 5.70 Å². The van der Waals surface area contributed by atoms with E-state index >= 15 is 0 Å². The van der Waals surface area contributed by atoms with Crippen molar-refractivity contribution in [3.8, 4) is 0 Å². The van der Waals surface area contributed by atoms with E-state index in [0.717, 1.165) is 19.3 Å². The van der Waals surface area contributed by atoms with Crippen molar-refractivity contribution in [2.24, 2.45) is 0 Å². The lowest BCUT2D eigenvalue weighted by molar-refractivity contribution is 0.608. The summed E-state index contributed by atoms with van der Waals surface area (Å²) in [5.74, 6) is 0. The second-order valence-corrected chi connectivity index (χ2v) is 16.3. The minimum Gasteiger partial charge on any atom is -0.374 e. The topological polar surface area (TPSA) is 12.0 Å². The van der Waals surface area contributed by atoms with Gasteiger partial charge in [-0.3, -0.25) is 0 Å². The Morgan fingerprint density at radius 2 is 1.07 bits per heavy atom. The highest BCUT2D eigenvalue weighted by Crippen LogP contribution is 2.67. The summed E-state index contributed by atoms with van der Waals surface area (Å²) in [4.78, 5) is 0. The van der Waals surface area contributed by atoms with E-state index < -0.39 is 10.8 Å². The molecule has 1 nitrogen and oxygen atoms in total. The highest BCUT2D eigenvalue weighted by atomic mass is 14.9. The molecule has 4 aliphatic rings. The van der Waals surface area contributed by atoms with Crippen molar-refractivity contribution in [1.29, 1.82) is 0 Å². The third-order valence-electron chi connectivity index (χ3n) is 13.2. The van der Waals surface area contributed by atoms with Crippen LogP contribution in [0.3, 0.4) is 0 Å². The van der Waals surface area contributed by atoms with Crippen molar-refractivity contribution in [2.75, 3.05) is 0 Å². The van der Waals surface area contributed by atoms with Crippen LogP contribution >= 0.6 is 0 Å². The van der Waals surface area contributed by atoms with Crippen LogP contribution in [-0.4, -0.2) is 0 Å². The van der Waals surface area contributed by atoms with E-state index in [1.54, 1.807) is 0 Å². The molecule has 59 heavy (non-hydrogen) atoms. The van der Waals surface area contributed by atoms with E-state index in [9.17, 15) is 0 Å². The quantitative estimate of drug-likeness (QED) is 0.160. The summed E-state index contributed by atoms with van der Waals surface area (Å²) < 4.78 is 0. The minimum absolute atomic E-state index is 0.0823. The Bertz CT molecular complexity index is 2840. The molecule has 0 saturated carbocycles. The van der Waals surface area contributed by atoms with Crippen LogP contribution in [0.2, 0.25) is 0 Å². The number of allylic oxidation sites excluding steroid dienone is 8. The standard InChI is InChI=1S/C58H45N/c1-5-19-43(20-6-1)54-38-35-42(40-55(59-54)44-21-7-2-8-22-44)39-41-33-36-47(37-34-41)57(45-23-9-3-10-24-45)51-30-17-18-31-52(51)58(46-25-11-4-12-26-46)50-29-15-13-27-48(50)49-28-14-16-32-53(57)56(49)58/h1-31,33-34,36-38,40,55,59H,32,35,39H2. The first-order valence-corrected chi connectivity index (χ1v) is 21.0. The van der Waals surface area contributed by atoms with E-state index in [1.165, 1.54) is 83.6 Å². The number of hydrogen-bond acceptors (Lipinski definition) is 1. The lowest BCUT2D eigenvalue weighted by Gasteiger charge is -2.50.